The highest BCUT2D eigenvalue weighted by molar-refractivity contribution is 5.36. The first kappa shape index (κ1) is 12.5. The van der Waals surface area contributed by atoms with Gasteiger partial charge in [-0.15, -0.1) is 0 Å². The molecule has 2 nitrogen and oxygen atoms in total. The van der Waals surface area contributed by atoms with Crippen molar-refractivity contribution in [3.05, 3.63) is 34.9 Å². The average molecular weight is 240 g/mol. The number of nitrogens with zero attached hydrogens (tertiary/aromatic N) is 1. The number of fused-ring (bicyclic) bond motifs is 1. The van der Waals surface area contributed by atoms with Gasteiger partial charge in [-0.25, -0.2) is 8.78 Å². The lowest BCUT2D eigenvalue weighted by molar-refractivity contribution is 0.156. The summed E-state index contributed by atoms with van der Waals surface area (Å²) in [5.41, 5.74) is 7.06. The minimum Gasteiger partial charge on any atom is -0.329 e. The number of nitrogens with two attached hydrogens (primary N) is 1. The molecule has 2 N–H and O–H groups in total. The fraction of sp³-hybridized carbons (Fsp3) is 0.538. The minimum absolute atomic E-state index is 0.0647. The molecule has 0 saturated carbocycles. The first-order valence-corrected chi connectivity index (χ1v) is 6.02. The molecule has 0 aromatic heterocycles. The zero-order valence-corrected chi connectivity index (χ0v) is 10.2. The van der Waals surface area contributed by atoms with Gasteiger partial charge >= 0.3 is 0 Å². The van der Waals surface area contributed by atoms with E-state index >= 15 is 0 Å². The van der Waals surface area contributed by atoms with Gasteiger partial charge in [0.2, 0.25) is 0 Å². The Morgan fingerprint density at radius 3 is 2.76 bits per heavy atom. The van der Waals surface area contributed by atoms with Gasteiger partial charge in [-0.05, 0) is 25.0 Å². The second-order valence-electron chi connectivity index (χ2n) is 4.64. The summed E-state index contributed by atoms with van der Waals surface area (Å²) in [4.78, 5) is 2.15. The van der Waals surface area contributed by atoms with Crippen LogP contribution < -0.4 is 5.73 Å². The summed E-state index contributed by atoms with van der Waals surface area (Å²) >= 11 is 0. The highest BCUT2D eigenvalue weighted by Crippen LogP contribution is 2.36. The molecule has 1 aromatic carbocycles. The van der Waals surface area contributed by atoms with Gasteiger partial charge in [0.15, 0.2) is 0 Å². The van der Waals surface area contributed by atoms with E-state index in [0.717, 1.165) is 12.5 Å². The third kappa shape index (κ3) is 2.07. The van der Waals surface area contributed by atoms with Gasteiger partial charge in [0.1, 0.15) is 11.6 Å². The number of halogens is 2. The minimum atomic E-state index is -0.522. The third-order valence-corrected chi connectivity index (χ3v) is 3.68. The molecule has 1 aromatic rings. The monoisotopic (exact) mass is 240 g/mol. The van der Waals surface area contributed by atoms with Crippen LogP contribution in [0.1, 0.15) is 37.4 Å². The zero-order chi connectivity index (χ0) is 12.6. The Kier molecular flexibility index (Phi) is 3.45. The quantitative estimate of drug-likeness (QED) is 0.879. The lowest BCUT2D eigenvalue weighted by Crippen LogP contribution is -2.34. The Labute approximate surface area is 100 Å². The van der Waals surface area contributed by atoms with E-state index in [2.05, 4.69) is 18.7 Å². The normalized spacial score (nSPS) is 21.6. The topological polar surface area (TPSA) is 29.3 Å². The second-order valence-corrected chi connectivity index (χ2v) is 4.64. The molecule has 0 amide bonds. The predicted octanol–water partition coefficient (Wildman–Crippen LogP) is 2.58. The van der Waals surface area contributed by atoms with Crippen LogP contribution in [0.25, 0.3) is 0 Å². The maximum Gasteiger partial charge on any atom is 0.130 e. The number of hydrogen-bond acceptors (Lipinski definition) is 2. The summed E-state index contributed by atoms with van der Waals surface area (Å²) in [6.07, 6.45) is 0.967. The smallest absolute Gasteiger partial charge is 0.130 e. The van der Waals surface area contributed by atoms with Crippen LogP contribution in [0.3, 0.4) is 0 Å². The molecule has 0 fully saturated rings. The van der Waals surface area contributed by atoms with Gasteiger partial charge < -0.3 is 5.73 Å². The maximum atomic E-state index is 13.7. The fourth-order valence-corrected chi connectivity index (χ4v) is 2.52. The van der Waals surface area contributed by atoms with Crippen molar-refractivity contribution in [3.63, 3.8) is 0 Å². The highest BCUT2D eigenvalue weighted by Gasteiger charge is 2.33. The molecule has 17 heavy (non-hydrogen) atoms. The van der Waals surface area contributed by atoms with Gasteiger partial charge in [0.25, 0.3) is 0 Å². The van der Waals surface area contributed by atoms with Crippen LogP contribution in [0.4, 0.5) is 8.78 Å². The predicted molar refractivity (Wildman–Crippen MR) is 63.4 cm³/mol. The molecule has 1 aliphatic rings. The van der Waals surface area contributed by atoms with Crippen molar-refractivity contribution in [2.45, 2.75) is 38.9 Å². The van der Waals surface area contributed by atoms with E-state index in [1.807, 2.05) is 0 Å². The summed E-state index contributed by atoms with van der Waals surface area (Å²) in [5.74, 6) is -0.977. The Hall–Kier alpha value is -1.00. The van der Waals surface area contributed by atoms with E-state index in [1.165, 1.54) is 6.07 Å². The zero-order valence-electron chi connectivity index (χ0n) is 10.2. The summed E-state index contributed by atoms with van der Waals surface area (Å²) in [7, 11) is 0. The van der Waals surface area contributed by atoms with Crippen molar-refractivity contribution in [2.24, 2.45) is 5.73 Å². The molecule has 0 bridgehead atoms. The molecule has 0 saturated heterocycles. The van der Waals surface area contributed by atoms with Gasteiger partial charge in [-0.1, -0.05) is 6.92 Å². The van der Waals surface area contributed by atoms with Crippen LogP contribution in [0.15, 0.2) is 12.1 Å². The summed E-state index contributed by atoms with van der Waals surface area (Å²) in [6.45, 7) is 5.08. The van der Waals surface area contributed by atoms with Gasteiger partial charge in [-0.2, -0.15) is 0 Å². The molecule has 0 spiro atoms. The average Bonchev–Trinajstić information content (AvgIpc) is 2.66. The number of rotatable bonds is 3. The van der Waals surface area contributed by atoms with E-state index in [1.54, 1.807) is 0 Å². The van der Waals surface area contributed by atoms with Gasteiger partial charge in [0.05, 0.1) is 0 Å². The standard InChI is InChI=1S/C13H18F2N2/c1-3-8(2)17-7-11-10(13(17)6-16)4-9(14)5-12(11)15/h4-5,8,13H,3,6-7,16H2,1-2H3. The SMILES string of the molecule is CCC(C)N1Cc2c(F)cc(F)cc2C1CN. The van der Waals surface area contributed by atoms with E-state index < -0.39 is 11.6 Å². The molecule has 2 atom stereocenters. The van der Waals surface area contributed by atoms with Crippen LogP contribution in [0.5, 0.6) is 0 Å². The molecule has 0 aliphatic carbocycles. The summed E-state index contributed by atoms with van der Waals surface area (Å²) in [5, 5.41) is 0. The molecule has 1 aliphatic heterocycles. The lowest BCUT2D eigenvalue weighted by Gasteiger charge is -2.29. The van der Waals surface area contributed by atoms with E-state index in [-0.39, 0.29) is 6.04 Å². The van der Waals surface area contributed by atoms with Gasteiger partial charge in [0, 0.05) is 36.8 Å². The molecule has 1 heterocycles. The van der Waals surface area contributed by atoms with Crippen LogP contribution in [-0.2, 0) is 6.54 Å². The Morgan fingerprint density at radius 2 is 2.18 bits per heavy atom. The van der Waals surface area contributed by atoms with E-state index in [0.29, 0.717) is 30.3 Å². The van der Waals surface area contributed by atoms with Crippen molar-refractivity contribution < 1.29 is 8.78 Å². The highest BCUT2D eigenvalue weighted by atomic mass is 19.1. The number of benzene rings is 1. The molecule has 2 unspecified atom stereocenters. The Balaban J connectivity index is 2.41. The van der Waals surface area contributed by atoms with Crippen molar-refractivity contribution in [2.75, 3.05) is 6.54 Å². The van der Waals surface area contributed by atoms with Crippen LogP contribution >= 0.6 is 0 Å². The Bertz CT molecular complexity index is 420. The summed E-state index contributed by atoms with van der Waals surface area (Å²) in [6, 6.07) is 2.62. The second kappa shape index (κ2) is 4.70. The maximum absolute atomic E-state index is 13.7. The number of hydrogen-bond donors (Lipinski definition) is 1. The van der Waals surface area contributed by atoms with E-state index in [4.69, 9.17) is 5.73 Å². The van der Waals surface area contributed by atoms with Crippen molar-refractivity contribution in [1.29, 1.82) is 0 Å². The van der Waals surface area contributed by atoms with E-state index in [9.17, 15) is 8.78 Å². The molecular formula is C13H18F2N2. The van der Waals surface area contributed by atoms with Crippen molar-refractivity contribution >= 4 is 0 Å². The van der Waals surface area contributed by atoms with Crippen molar-refractivity contribution in [1.82, 2.24) is 4.90 Å². The third-order valence-electron chi connectivity index (χ3n) is 3.68. The first-order valence-electron chi connectivity index (χ1n) is 6.02. The summed E-state index contributed by atoms with van der Waals surface area (Å²) < 4.78 is 26.9. The van der Waals surface area contributed by atoms with Gasteiger partial charge in [-0.3, -0.25) is 4.90 Å². The lowest BCUT2D eigenvalue weighted by atomic mass is 10.0. The van der Waals surface area contributed by atoms with Crippen LogP contribution in [0.2, 0.25) is 0 Å². The largest absolute Gasteiger partial charge is 0.329 e. The molecule has 0 radical (unpaired) electrons. The fourth-order valence-electron chi connectivity index (χ4n) is 2.52. The molecule has 4 heteroatoms. The molecular weight excluding hydrogens is 222 g/mol. The first-order chi connectivity index (χ1) is 8.08. The molecule has 2 rings (SSSR count). The van der Waals surface area contributed by atoms with Crippen LogP contribution in [0, 0.1) is 11.6 Å². The van der Waals surface area contributed by atoms with Crippen molar-refractivity contribution in [3.8, 4) is 0 Å². The van der Waals surface area contributed by atoms with Crippen LogP contribution in [-0.4, -0.2) is 17.5 Å². The molecule has 94 valence electrons. The Morgan fingerprint density at radius 1 is 1.47 bits per heavy atom.